The zero-order chi connectivity index (χ0) is 26.3. The van der Waals surface area contributed by atoms with Crippen molar-refractivity contribution in [2.75, 3.05) is 19.7 Å². The number of amides is 4. The monoisotopic (exact) mass is 493 g/mol. The predicted octanol–water partition coefficient (Wildman–Crippen LogP) is 0.186. The van der Waals surface area contributed by atoms with E-state index >= 15 is 0 Å². The third-order valence-corrected chi connectivity index (χ3v) is 6.05. The van der Waals surface area contributed by atoms with Crippen LogP contribution in [0.3, 0.4) is 0 Å². The fourth-order valence-electron chi connectivity index (χ4n) is 3.99. The van der Waals surface area contributed by atoms with Crippen molar-refractivity contribution in [3.05, 3.63) is 10.4 Å². The molecule has 35 heavy (non-hydrogen) atoms. The molecule has 3 N–H and O–H groups in total. The summed E-state index contributed by atoms with van der Waals surface area (Å²) in [6.07, 6.45) is 1.45. The molecule has 13 nitrogen and oxygen atoms in total. The fourth-order valence-corrected chi connectivity index (χ4v) is 3.99. The van der Waals surface area contributed by atoms with Crippen molar-refractivity contribution in [1.82, 2.24) is 20.9 Å². The molecule has 4 amide bonds. The summed E-state index contributed by atoms with van der Waals surface area (Å²) in [6, 6.07) is -3.37. The van der Waals surface area contributed by atoms with Crippen molar-refractivity contribution in [1.29, 1.82) is 0 Å². The zero-order valence-electron chi connectivity index (χ0n) is 20.9. The predicted molar refractivity (Wildman–Crippen MR) is 125 cm³/mol. The van der Waals surface area contributed by atoms with Gasteiger partial charge in [0.05, 0.1) is 12.6 Å². The molecule has 2 aliphatic rings. The first-order valence-electron chi connectivity index (χ1n) is 11.8. The number of azide groups is 1. The normalized spacial score (nSPS) is 23.5. The Morgan fingerprint density at radius 2 is 1.77 bits per heavy atom. The topological polar surface area (TPSA) is 186 Å². The second-order valence-corrected chi connectivity index (χ2v) is 9.67. The fraction of sp³-hybridized carbons (Fsp3) is 0.773. The average Bonchev–Trinajstić information content (AvgIpc) is 3.35. The molecule has 0 aromatic rings. The summed E-state index contributed by atoms with van der Waals surface area (Å²) in [4.78, 5) is 66.9. The van der Waals surface area contributed by atoms with E-state index in [1.165, 1.54) is 18.7 Å². The lowest BCUT2D eigenvalue weighted by Gasteiger charge is -2.28. The van der Waals surface area contributed by atoms with Crippen LogP contribution in [0.4, 0.5) is 0 Å². The first-order valence-corrected chi connectivity index (χ1v) is 11.8. The molecule has 0 spiro atoms. The lowest BCUT2D eigenvalue weighted by atomic mass is 9.93. The molecule has 2 rings (SSSR count). The van der Waals surface area contributed by atoms with Crippen molar-refractivity contribution >= 4 is 29.4 Å². The van der Waals surface area contributed by atoms with Crippen molar-refractivity contribution < 1.29 is 28.7 Å². The Labute approximate surface area is 204 Å². The minimum atomic E-state index is -0.934. The number of likely N-dealkylation sites (tertiary alicyclic amines) is 1. The smallest absolute Gasteiger partial charge is 0.245 e. The highest BCUT2D eigenvalue weighted by Gasteiger charge is 2.50. The summed E-state index contributed by atoms with van der Waals surface area (Å²) in [5.74, 6) is -2.09. The highest BCUT2D eigenvalue weighted by molar-refractivity contribution is 5.98. The van der Waals surface area contributed by atoms with Crippen LogP contribution < -0.4 is 16.0 Å². The number of carbonyl (C=O) groups is 5. The third kappa shape index (κ3) is 7.66. The van der Waals surface area contributed by atoms with Crippen molar-refractivity contribution in [3.63, 3.8) is 0 Å². The Morgan fingerprint density at radius 1 is 1.11 bits per heavy atom. The Kier molecular flexibility index (Phi) is 9.61. The van der Waals surface area contributed by atoms with E-state index in [-0.39, 0.29) is 11.7 Å². The third-order valence-electron chi connectivity index (χ3n) is 6.05. The van der Waals surface area contributed by atoms with Crippen molar-refractivity contribution in [2.45, 2.75) is 83.6 Å². The van der Waals surface area contributed by atoms with E-state index in [9.17, 15) is 24.0 Å². The molecule has 13 heteroatoms. The molecule has 194 valence electrons. The Hall–Kier alpha value is -3.18. The van der Waals surface area contributed by atoms with Gasteiger partial charge in [0.25, 0.3) is 0 Å². The Bertz CT molecular complexity index is 897. The van der Waals surface area contributed by atoms with Gasteiger partial charge in [-0.15, -0.1) is 0 Å². The van der Waals surface area contributed by atoms with Crippen molar-refractivity contribution in [3.8, 4) is 0 Å². The van der Waals surface area contributed by atoms with E-state index < -0.39 is 59.9 Å². The van der Waals surface area contributed by atoms with Gasteiger partial charge in [-0.3, -0.25) is 24.0 Å². The number of nitrogens with zero attached hydrogens (tertiary/aromatic N) is 4. The minimum Gasteiger partial charge on any atom is -0.361 e. The molecule has 2 saturated heterocycles. The molecule has 2 aliphatic heterocycles. The maximum absolute atomic E-state index is 12.9. The van der Waals surface area contributed by atoms with Crippen LogP contribution >= 0.6 is 0 Å². The van der Waals surface area contributed by atoms with Gasteiger partial charge in [0.1, 0.15) is 30.3 Å². The van der Waals surface area contributed by atoms with Crippen LogP contribution in [0.15, 0.2) is 5.11 Å². The molecule has 2 heterocycles. The van der Waals surface area contributed by atoms with Gasteiger partial charge in [0, 0.05) is 11.5 Å². The van der Waals surface area contributed by atoms with Gasteiger partial charge in [0.15, 0.2) is 5.78 Å². The van der Waals surface area contributed by atoms with Crippen molar-refractivity contribution in [2.24, 2.45) is 11.0 Å². The molecular formula is C22H35N7O6. The molecule has 0 bridgehead atoms. The van der Waals surface area contributed by atoms with E-state index in [2.05, 4.69) is 26.0 Å². The van der Waals surface area contributed by atoms with Crippen LogP contribution in [0.5, 0.6) is 0 Å². The van der Waals surface area contributed by atoms with Crippen LogP contribution in [0, 0.1) is 5.92 Å². The second kappa shape index (κ2) is 12.0. The number of epoxide rings is 1. The number of nitrogens with one attached hydrogen (secondary N) is 3. The highest BCUT2D eigenvalue weighted by Crippen LogP contribution is 2.29. The zero-order valence-corrected chi connectivity index (χ0v) is 20.9. The maximum atomic E-state index is 12.9. The summed E-state index contributed by atoms with van der Waals surface area (Å²) in [5, 5.41) is 11.0. The number of hydrogen-bond donors (Lipinski definition) is 3. The first-order chi connectivity index (χ1) is 16.4. The molecule has 0 saturated carbocycles. The van der Waals surface area contributed by atoms with Gasteiger partial charge in [-0.25, -0.2) is 0 Å². The summed E-state index contributed by atoms with van der Waals surface area (Å²) >= 11 is 0. The quantitative estimate of drug-likeness (QED) is 0.151. The highest BCUT2D eigenvalue weighted by atomic mass is 16.6. The Balaban J connectivity index is 1.96. The maximum Gasteiger partial charge on any atom is 0.245 e. The van der Waals surface area contributed by atoms with Crippen LogP contribution in [-0.4, -0.2) is 83.8 Å². The number of ether oxygens (including phenoxy) is 1. The van der Waals surface area contributed by atoms with Gasteiger partial charge in [-0.2, -0.15) is 0 Å². The number of carbonyl (C=O) groups excluding carboxylic acids is 5. The average molecular weight is 494 g/mol. The van der Waals surface area contributed by atoms with E-state index in [4.69, 9.17) is 10.3 Å². The standard InChI is InChI=1S/C22H35N7O6/c1-12(2)9-15(18(31)22(5)11-35-22)27-19(32)13(3)26-20(33)16-7-6-8-29(16)21(34)14(4)25-17(30)10-24-28-23/h12-16H,6-11H2,1-5H3,(H,25,30)(H,26,33)(H,27,32). The molecule has 5 unspecified atom stereocenters. The van der Waals surface area contributed by atoms with E-state index in [0.29, 0.717) is 32.4 Å². The van der Waals surface area contributed by atoms with E-state index in [1.807, 2.05) is 13.8 Å². The summed E-state index contributed by atoms with van der Waals surface area (Å²) < 4.78 is 5.24. The SMILES string of the molecule is CC(C)CC(NC(=O)C(C)NC(=O)C1CCCN1C(=O)C(C)NC(=O)CN=[N+]=[N-])C(=O)C1(C)CO1. The van der Waals surface area contributed by atoms with Crippen LogP contribution in [0.25, 0.3) is 10.4 Å². The molecule has 0 aliphatic carbocycles. The number of hydrogen-bond acceptors (Lipinski definition) is 7. The molecule has 2 fully saturated rings. The van der Waals surface area contributed by atoms with Gasteiger partial charge in [-0.1, -0.05) is 19.0 Å². The lowest BCUT2D eigenvalue weighted by Crippen LogP contribution is -2.57. The molecule has 0 aromatic carbocycles. The lowest BCUT2D eigenvalue weighted by molar-refractivity contribution is -0.141. The van der Waals surface area contributed by atoms with E-state index in [1.54, 1.807) is 6.92 Å². The van der Waals surface area contributed by atoms with Gasteiger partial charge in [-0.05, 0) is 51.5 Å². The largest absolute Gasteiger partial charge is 0.361 e. The summed E-state index contributed by atoms with van der Waals surface area (Å²) in [7, 11) is 0. The Morgan fingerprint density at radius 3 is 2.34 bits per heavy atom. The number of Topliss-reactive ketones (excluding diaryl/α,β-unsaturated/α-hetero) is 1. The number of rotatable bonds is 12. The van der Waals surface area contributed by atoms with Crippen LogP contribution in [0.2, 0.25) is 0 Å². The summed E-state index contributed by atoms with van der Waals surface area (Å²) in [5.41, 5.74) is 7.42. The second-order valence-electron chi connectivity index (χ2n) is 9.67. The number of ketones is 1. The molecule has 5 atom stereocenters. The summed E-state index contributed by atoms with van der Waals surface area (Å²) in [6.45, 7) is 8.78. The minimum absolute atomic E-state index is 0.156. The first kappa shape index (κ1) is 28.1. The van der Waals surface area contributed by atoms with E-state index in [0.717, 1.165) is 0 Å². The molecule has 0 radical (unpaired) electrons. The van der Waals surface area contributed by atoms with Gasteiger partial charge in [0.2, 0.25) is 23.6 Å². The van der Waals surface area contributed by atoms with Gasteiger partial charge < -0.3 is 25.6 Å². The van der Waals surface area contributed by atoms with Gasteiger partial charge >= 0.3 is 0 Å². The van der Waals surface area contributed by atoms with Crippen LogP contribution in [-0.2, 0) is 28.7 Å². The molecular weight excluding hydrogens is 458 g/mol. The van der Waals surface area contributed by atoms with Crippen LogP contribution in [0.1, 0.15) is 53.9 Å². The molecule has 0 aromatic heterocycles.